The molecule has 6 heteroatoms. The Morgan fingerprint density at radius 3 is 2.60 bits per heavy atom. The van der Waals surface area contributed by atoms with E-state index in [0.29, 0.717) is 16.6 Å². The van der Waals surface area contributed by atoms with Crippen LogP contribution in [-0.2, 0) is 9.53 Å². The van der Waals surface area contributed by atoms with E-state index in [1.807, 2.05) is 13.8 Å². The molecule has 0 bridgehead atoms. The first-order valence-electron chi connectivity index (χ1n) is 6.23. The van der Waals surface area contributed by atoms with Crippen molar-refractivity contribution in [1.82, 2.24) is 15.3 Å². The van der Waals surface area contributed by atoms with Gasteiger partial charge in [0.15, 0.2) is 6.61 Å². The molecule has 1 amide bonds. The van der Waals surface area contributed by atoms with Gasteiger partial charge < -0.3 is 10.1 Å². The Balaban J connectivity index is 2.02. The first-order valence-corrected chi connectivity index (χ1v) is 6.23. The molecule has 0 fully saturated rings. The minimum absolute atomic E-state index is 0.0112. The zero-order valence-corrected chi connectivity index (χ0v) is 11.3. The number of benzene rings is 1. The lowest BCUT2D eigenvalue weighted by Gasteiger charge is -2.09. The maximum absolute atomic E-state index is 11.8. The average Bonchev–Trinajstić information content (AvgIpc) is 2.43. The van der Waals surface area contributed by atoms with Crippen molar-refractivity contribution in [3.63, 3.8) is 0 Å². The smallest absolute Gasteiger partial charge is 0.338 e. The van der Waals surface area contributed by atoms with Crippen molar-refractivity contribution < 1.29 is 14.3 Å². The van der Waals surface area contributed by atoms with Crippen LogP contribution in [0.25, 0.3) is 11.0 Å². The second-order valence-corrected chi connectivity index (χ2v) is 4.56. The lowest BCUT2D eigenvalue weighted by atomic mass is 10.2. The molecule has 0 aliphatic heterocycles. The van der Waals surface area contributed by atoms with E-state index in [1.54, 1.807) is 30.6 Å². The average molecular weight is 273 g/mol. The van der Waals surface area contributed by atoms with Crippen molar-refractivity contribution in [2.45, 2.75) is 19.9 Å². The van der Waals surface area contributed by atoms with Gasteiger partial charge >= 0.3 is 5.97 Å². The van der Waals surface area contributed by atoms with E-state index in [9.17, 15) is 9.59 Å². The molecular weight excluding hydrogens is 258 g/mol. The summed E-state index contributed by atoms with van der Waals surface area (Å²) >= 11 is 0. The standard InChI is InChI=1S/C14H15N3O3/c1-9(2)17-13(18)8-20-14(19)10-3-4-11-12(7-10)16-6-5-15-11/h3-7,9H,8H2,1-2H3,(H,17,18). The highest BCUT2D eigenvalue weighted by molar-refractivity contribution is 5.94. The fourth-order valence-electron chi connectivity index (χ4n) is 1.67. The highest BCUT2D eigenvalue weighted by Crippen LogP contribution is 2.11. The van der Waals surface area contributed by atoms with Crippen molar-refractivity contribution in [2.75, 3.05) is 6.61 Å². The predicted octanol–water partition coefficient (Wildman–Crippen LogP) is 1.31. The van der Waals surface area contributed by atoms with Crippen LogP contribution in [0.4, 0.5) is 0 Å². The number of carbonyl (C=O) groups excluding carboxylic acids is 2. The third kappa shape index (κ3) is 3.50. The summed E-state index contributed by atoms with van der Waals surface area (Å²) < 4.78 is 4.94. The molecule has 0 saturated heterocycles. The minimum Gasteiger partial charge on any atom is -0.452 e. The number of aromatic nitrogens is 2. The van der Waals surface area contributed by atoms with Gasteiger partial charge in [0.2, 0.25) is 0 Å². The zero-order chi connectivity index (χ0) is 14.5. The Hall–Kier alpha value is -2.50. The van der Waals surface area contributed by atoms with E-state index in [4.69, 9.17) is 4.74 Å². The topological polar surface area (TPSA) is 81.2 Å². The van der Waals surface area contributed by atoms with Gasteiger partial charge in [-0.3, -0.25) is 14.8 Å². The molecule has 1 aromatic carbocycles. The number of amides is 1. The maximum atomic E-state index is 11.8. The van der Waals surface area contributed by atoms with Crippen LogP contribution in [-0.4, -0.2) is 34.5 Å². The Kier molecular flexibility index (Phi) is 4.24. The van der Waals surface area contributed by atoms with Gasteiger partial charge in [-0.1, -0.05) is 0 Å². The number of carbonyl (C=O) groups is 2. The summed E-state index contributed by atoms with van der Waals surface area (Å²) in [5, 5.41) is 2.64. The molecular formula is C14H15N3O3. The molecule has 0 radical (unpaired) electrons. The SMILES string of the molecule is CC(C)NC(=O)COC(=O)c1ccc2nccnc2c1. The third-order valence-corrected chi connectivity index (χ3v) is 2.49. The summed E-state index contributed by atoms with van der Waals surface area (Å²) in [5.41, 5.74) is 1.64. The number of fused-ring (bicyclic) bond motifs is 1. The largest absolute Gasteiger partial charge is 0.452 e. The van der Waals surface area contributed by atoms with Gasteiger partial charge in [-0.05, 0) is 32.0 Å². The molecule has 6 nitrogen and oxygen atoms in total. The molecule has 0 unspecified atom stereocenters. The number of nitrogens with one attached hydrogen (secondary N) is 1. The first kappa shape index (κ1) is 13.9. The molecule has 1 aromatic heterocycles. The Morgan fingerprint density at radius 1 is 1.20 bits per heavy atom. The molecule has 2 rings (SSSR count). The summed E-state index contributed by atoms with van der Waals surface area (Å²) in [6.45, 7) is 3.37. The van der Waals surface area contributed by atoms with Crippen LogP contribution in [0.3, 0.4) is 0 Å². The van der Waals surface area contributed by atoms with Crippen molar-refractivity contribution >= 4 is 22.9 Å². The van der Waals surface area contributed by atoms with Crippen LogP contribution in [0.1, 0.15) is 24.2 Å². The van der Waals surface area contributed by atoms with Crippen LogP contribution >= 0.6 is 0 Å². The van der Waals surface area contributed by atoms with Gasteiger partial charge in [-0.2, -0.15) is 0 Å². The maximum Gasteiger partial charge on any atom is 0.338 e. The zero-order valence-electron chi connectivity index (χ0n) is 11.3. The van der Waals surface area contributed by atoms with E-state index in [2.05, 4.69) is 15.3 Å². The number of ether oxygens (including phenoxy) is 1. The Labute approximate surface area is 116 Å². The fourth-order valence-corrected chi connectivity index (χ4v) is 1.67. The van der Waals surface area contributed by atoms with Crippen LogP contribution in [0.2, 0.25) is 0 Å². The van der Waals surface area contributed by atoms with E-state index >= 15 is 0 Å². The van der Waals surface area contributed by atoms with Crippen molar-refractivity contribution in [2.24, 2.45) is 0 Å². The van der Waals surface area contributed by atoms with Gasteiger partial charge in [-0.15, -0.1) is 0 Å². The molecule has 0 atom stereocenters. The highest BCUT2D eigenvalue weighted by atomic mass is 16.5. The lowest BCUT2D eigenvalue weighted by Crippen LogP contribution is -2.33. The summed E-state index contributed by atoms with van der Waals surface area (Å²) in [4.78, 5) is 31.4. The summed E-state index contributed by atoms with van der Waals surface area (Å²) in [5.74, 6) is -0.884. The quantitative estimate of drug-likeness (QED) is 0.849. The van der Waals surface area contributed by atoms with Crippen LogP contribution < -0.4 is 5.32 Å². The van der Waals surface area contributed by atoms with Gasteiger partial charge in [-0.25, -0.2) is 4.79 Å². The number of hydrogen-bond acceptors (Lipinski definition) is 5. The van der Waals surface area contributed by atoms with Gasteiger partial charge in [0.1, 0.15) is 0 Å². The van der Waals surface area contributed by atoms with Crippen LogP contribution in [0.15, 0.2) is 30.6 Å². The van der Waals surface area contributed by atoms with Crippen molar-refractivity contribution in [3.05, 3.63) is 36.2 Å². The second kappa shape index (κ2) is 6.10. The summed E-state index contributed by atoms with van der Waals surface area (Å²) in [6.07, 6.45) is 3.13. The molecule has 1 heterocycles. The van der Waals surface area contributed by atoms with Gasteiger partial charge in [0, 0.05) is 18.4 Å². The summed E-state index contributed by atoms with van der Waals surface area (Å²) in [7, 11) is 0. The fraction of sp³-hybridized carbons (Fsp3) is 0.286. The Morgan fingerprint density at radius 2 is 1.90 bits per heavy atom. The molecule has 0 aliphatic carbocycles. The Bertz CT molecular complexity index is 640. The monoisotopic (exact) mass is 273 g/mol. The van der Waals surface area contributed by atoms with E-state index in [-0.39, 0.29) is 18.6 Å². The summed E-state index contributed by atoms with van der Waals surface area (Å²) in [6, 6.07) is 4.88. The molecule has 104 valence electrons. The number of hydrogen-bond donors (Lipinski definition) is 1. The van der Waals surface area contributed by atoms with Crippen molar-refractivity contribution in [1.29, 1.82) is 0 Å². The molecule has 0 saturated carbocycles. The highest BCUT2D eigenvalue weighted by Gasteiger charge is 2.11. The van der Waals surface area contributed by atoms with Crippen molar-refractivity contribution in [3.8, 4) is 0 Å². The number of rotatable bonds is 4. The molecule has 20 heavy (non-hydrogen) atoms. The van der Waals surface area contributed by atoms with Gasteiger partial charge in [0.25, 0.3) is 5.91 Å². The number of nitrogens with zero attached hydrogens (tertiary/aromatic N) is 2. The molecule has 1 N–H and O–H groups in total. The molecule has 0 spiro atoms. The number of esters is 1. The molecule has 0 aliphatic rings. The molecule has 2 aromatic rings. The normalized spacial score (nSPS) is 10.6. The second-order valence-electron chi connectivity index (χ2n) is 4.56. The first-order chi connectivity index (χ1) is 9.56. The van der Waals surface area contributed by atoms with E-state index in [1.165, 1.54) is 0 Å². The lowest BCUT2D eigenvalue weighted by molar-refractivity contribution is -0.124. The van der Waals surface area contributed by atoms with Crippen LogP contribution in [0.5, 0.6) is 0 Å². The predicted molar refractivity (Wildman–Crippen MR) is 73.1 cm³/mol. The van der Waals surface area contributed by atoms with E-state index < -0.39 is 5.97 Å². The third-order valence-electron chi connectivity index (χ3n) is 2.49. The van der Waals surface area contributed by atoms with E-state index in [0.717, 1.165) is 0 Å². The minimum atomic E-state index is -0.559. The van der Waals surface area contributed by atoms with Gasteiger partial charge in [0.05, 0.1) is 16.6 Å². The van der Waals surface area contributed by atoms with Crippen LogP contribution in [0, 0.1) is 0 Å².